The Hall–Kier alpha value is -5.36. The zero-order valence-corrected chi connectivity index (χ0v) is 19.7. The van der Waals surface area contributed by atoms with Crippen LogP contribution in [0.5, 0.6) is 11.5 Å². The molecule has 4 aromatic rings. The van der Waals surface area contributed by atoms with E-state index in [-0.39, 0.29) is 22.8 Å². The van der Waals surface area contributed by atoms with Gasteiger partial charge in [-0.05, 0) is 48.0 Å². The molecule has 0 aliphatic carbocycles. The molecule has 0 spiro atoms. The van der Waals surface area contributed by atoms with Crippen molar-refractivity contribution in [3.63, 3.8) is 0 Å². The van der Waals surface area contributed by atoms with E-state index in [0.29, 0.717) is 29.4 Å². The first-order chi connectivity index (χ1) is 18.0. The highest BCUT2D eigenvalue weighted by molar-refractivity contribution is 6.09. The number of hydrogen-bond donors (Lipinski definition) is 1. The molecule has 0 radical (unpaired) electrons. The second kappa shape index (κ2) is 11.4. The maximum atomic E-state index is 12.7. The first-order valence-corrected chi connectivity index (χ1v) is 11.1. The SMILES string of the molecule is COc1cc([N+](=O)[O-])ccc1-c1ccc(/C=C(\C#N)C(=O)Nc2ccc(OCc3ccccc3)cc2)o1. The number of nitro benzene ring substituents is 1. The highest BCUT2D eigenvalue weighted by atomic mass is 16.6. The second-order valence-electron chi connectivity index (χ2n) is 7.77. The van der Waals surface area contributed by atoms with Gasteiger partial charge in [-0.2, -0.15) is 5.26 Å². The minimum absolute atomic E-state index is 0.119. The third-order valence-electron chi connectivity index (χ3n) is 5.30. The number of nitrogens with zero attached hydrogens (tertiary/aromatic N) is 2. The van der Waals surface area contributed by atoms with E-state index < -0.39 is 10.8 Å². The Morgan fingerprint density at radius 1 is 1.08 bits per heavy atom. The van der Waals surface area contributed by atoms with Crippen molar-refractivity contribution in [1.29, 1.82) is 5.26 Å². The zero-order valence-electron chi connectivity index (χ0n) is 19.7. The number of carbonyl (C=O) groups excluding carboxylic acids is 1. The van der Waals surface area contributed by atoms with Crippen molar-refractivity contribution in [2.75, 3.05) is 12.4 Å². The number of rotatable bonds is 9. The maximum absolute atomic E-state index is 12.7. The van der Waals surface area contributed by atoms with Gasteiger partial charge in [0.15, 0.2) is 0 Å². The number of methoxy groups -OCH3 is 1. The van der Waals surface area contributed by atoms with E-state index in [0.717, 1.165) is 5.56 Å². The van der Waals surface area contributed by atoms with Gasteiger partial charge >= 0.3 is 0 Å². The summed E-state index contributed by atoms with van der Waals surface area (Å²) in [6, 6.07) is 25.8. The predicted octanol–water partition coefficient (Wildman–Crippen LogP) is 5.99. The molecule has 0 saturated carbocycles. The van der Waals surface area contributed by atoms with E-state index in [1.165, 1.54) is 31.4 Å². The molecule has 9 heteroatoms. The van der Waals surface area contributed by atoms with Crippen LogP contribution in [0.15, 0.2) is 94.9 Å². The van der Waals surface area contributed by atoms with Crippen molar-refractivity contribution in [3.05, 3.63) is 112 Å². The molecular formula is C28H21N3O6. The second-order valence-corrected chi connectivity index (χ2v) is 7.77. The average molecular weight is 495 g/mol. The van der Waals surface area contributed by atoms with Gasteiger partial charge in [0.1, 0.15) is 41.3 Å². The van der Waals surface area contributed by atoms with Gasteiger partial charge in [-0.25, -0.2) is 0 Å². The van der Waals surface area contributed by atoms with Crippen molar-refractivity contribution in [1.82, 2.24) is 0 Å². The normalized spacial score (nSPS) is 10.9. The van der Waals surface area contributed by atoms with Crippen LogP contribution in [0.1, 0.15) is 11.3 Å². The van der Waals surface area contributed by atoms with Crippen LogP contribution in [0, 0.1) is 21.4 Å². The summed E-state index contributed by atoms with van der Waals surface area (Å²) in [4.78, 5) is 23.2. The Bertz CT molecular complexity index is 1480. The average Bonchev–Trinajstić information content (AvgIpc) is 3.39. The molecule has 4 rings (SSSR count). The highest BCUT2D eigenvalue weighted by Gasteiger charge is 2.16. The number of amides is 1. The van der Waals surface area contributed by atoms with Crippen LogP contribution in [0.4, 0.5) is 11.4 Å². The molecule has 0 atom stereocenters. The Balaban J connectivity index is 1.43. The van der Waals surface area contributed by atoms with Gasteiger partial charge in [0.2, 0.25) is 0 Å². The van der Waals surface area contributed by atoms with Crippen LogP contribution in [0.3, 0.4) is 0 Å². The number of non-ortho nitro benzene ring substituents is 1. The van der Waals surface area contributed by atoms with Crippen LogP contribution in [-0.4, -0.2) is 17.9 Å². The number of carbonyl (C=O) groups is 1. The highest BCUT2D eigenvalue weighted by Crippen LogP contribution is 2.34. The van der Waals surface area contributed by atoms with Gasteiger partial charge in [0, 0.05) is 17.8 Å². The molecule has 1 amide bonds. The van der Waals surface area contributed by atoms with Gasteiger partial charge in [-0.3, -0.25) is 14.9 Å². The van der Waals surface area contributed by atoms with Gasteiger partial charge in [0.05, 0.1) is 23.7 Å². The molecule has 0 aliphatic heterocycles. The van der Waals surface area contributed by atoms with Gasteiger partial charge in [-0.1, -0.05) is 30.3 Å². The van der Waals surface area contributed by atoms with E-state index in [9.17, 15) is 20.2 Å². The lowest BCUT2D eigenvalue weighted by molar-refractivity contribution is -0.384. The summed E-state index contributed by atoms with van der Waals surface area (Å²) in [7, 11) is 1.40. The third-order valence-corrected chi connectivity index (χ3v) is 5.30. The predicted molar refractivity (Wildman–Crippen MR) is 137 cm³/mol. The molecule has 184 valence electrons. The van der Waals surface area contributed by atoms with Crippen LogP contribution in [0.2, 0.25) is 0 Å². The first kappa shape index (κ1) is 24.8. The lowest BCUT2D eigenvalue weighted by atomic mass is 10.1. The number of hydrogen-bond acceptors (Lipinski definition) is 7. The summed E-state index contributed by atoms with van der Waals surface area (Å²) >= 11 is 0. The molecule has 0 bridgehead atoms. The summed E-state index contributed by atoms with van der Waals surface area (Å²) in [5.74, 6) is 0.913. The van der Waals surface area contributed by atoms with Crippen LogP contribution in [0.25, 0.3) is 17.4 Å². The van der Waals surface area contributed by atoms with Crippen LogP contribution < -0.4 is 14.8 Å². The molecule has 9 nitrogen and oxygen atoms in total. The molecule has 0 aliphatic rings. The van der Waals surface area contributed by atoms with E-state index in [4.69, 9.17) is 13.9 Å². The number of ether oxygens (including phenoxy) is 2. The van der Waals surface area contributed by atoms with Crippen LogP contribution >= 0.6 is 0 Å². The quantitative estimate of drug-likeness (QED) is 0.131. The number of nitrogens with one attached hydrogen (secondary N) is 1. The Morgan fingerprint density at radius 3 is 2.51 bits per heavy atom. The Kier molecular flexibility index (Phi) is 7.61. The van der Waals surface area contributed by atoms with Crippen molar-refractivity contribution < 1.29 is 23.6 Å². The topological polar surface area (TPSA) is 128 Å². The lowest BCUT2D eigenvalue weighted by Gasteiger charge is -2.08. The molecule has 1 aromatic heterocycles. The molecule has 0 fully saturated rings. The summed E-state index contributed by atoms with van der Waals surface area (Å²) in [6.45, 7) is 0.421. The monoisotopic (exact) mass is 495 g/mol. The Labute approximate surface area is 212 Å². The minimum atomic E-state index is -0.605. The summed E-state index contributed by atoms with van der Waals surface area (Å²) < 4.78 is 16.7. The van der Waals surface area contributed by atoms with E-state index in [1.54, 1.807) is 36.4 Å². The Morgan fingerprint density at radius 2 is 1.84 bits per heavy atom. The van der Waals surface area contributed by atoms with E-state index in [1.807, 2.05) is 36.4 Å². The van der Waals surface area contributed by atoms with Crippen molar-refractivity contribution in [3.8, 4) is 28.9 Å². The fourth-order valence-electron chi connectivity index (χ4n) is 3.44. The molecular weight excluding hydrogens is 474 g/mol. The van der Waals surface area contributed by atoms with Crippen molar-refractivity contribution in [2.24, 2.45) is 0 Å². The van der Waals surface area contributed by atoms with Gasteiger partial charge < -0.3 is 19.2 Å². The zero-order chi connectivity index (χ0) is 26.2. The molecule has 3 aromatic carbocycles. The standard InChI is InChI=1S/C28H21N3O6/c1-35-27-16-22(31(33)34)9-13-25(27)26-14-12-24(37-26)15-20(17-29)28(32)30-21-7-10-23(11-8-21)36-18-19-5-3-2-4-6-19/h2-16H,18H2,1H3,(H,30,32)/b20-15+. The largest absolute Gasteiger partial charge is 0.496 e. The van der Waals surface area contributed by atoms with E-state index in [2.05, 4.69) is 5.32 Å². The number of benzene rings is 3. The lowest BCUT2D eigenvalue weighted by Crippen LogP contribution is -2.13. The summed E-state index contributed by atoms with van der Waals surface area (Å²) in [5, 5.41) is 23.2. The van der Waals surface area contributed by atoms with Crippen molar-refractivity contribution >= 4 is 23.4 Å². The van der Waals surface area contributed by atoms with Gasteiger partial charge in [-0.15, -0.1) is 0 Å². The number of anilines is 1. The first-order valence-electron chi connectivity index (χ1n) is 11.1. The molecule has 1 heterocycles. The fourth-order valence-corrected chi connectivity index (χ4v) is 3.44. The molecule has 0 unspecified atom stereocenters. The minimum Gasteiger partial charge on any atom is -0.496 e. The summed E-state index contributed by atoms with van der Waals surface area (Å²) in [6.07, 6.45) is 1.31. The van der Waals surface area contributed by atoms with Crippen molar-refractivity contribution in [2.45, 2.75) is 6.61 Å². The van der Waals surface area contributed by atoms with E-state index >= 15 is 0 Å². The number of nitro groups is 1. The molecule has 37 heavy (non-hydrogen) atoms. The van der Waals surface area contributed by atoms with Gasteiger partial charge in [0.25, 0.3) is 11.6 Å². The summed E-state index contributed by atoms with van der Waals surface area (Å²) in [5.41, 5.74) is 1.74. The van der Waals surface area contributed by atoms with Crippen LogP contribution in [-0.2, 0) is 11.4 Å². The smallest absolute Gasteiger partial charge is 0.273 e. The maximum Gasteiger partial charge on any atom is 0.273 e. The third kappa shape index (κ3) is 6.21. The number of nitriles is 1. The fraction of sp³-hybridized carbons (Fsp3) is 0.0714. The molecule has 0 saturated heterocycles. The number of furan rings is 1. The molecule has 1 N–H and O–H groups in total.